The number of rotatable bonds is 8. The molecule has 0 unspecified atom stereocenters. The first-order valence-electron chi connectivity index (χ1n) is 6.68. The second-order valence-electron chi connectivity index (χ2n) is 4.63. The second-order valence-corrected chi connectivity index (χ2v) is 5.61. The lowest BCUT2D eigenvalue weighted by atomic mass is 10.1. The molecule has 1 rings (SSSR count). The number of halogens is 1. The minimum atomic E-state index is -0.273. The third kappa shape index (κ3) is 6.10. The van der Waals surface area contributed by atoms with Crippen LogP contribution in [0.15, 0.2) is 18.2 Å². The number of nitrogens with one attached hydrogen (secondary N) is 1. The van der Waals surface area contributed by atoms with Crippen LogP contribution in [0.5, 0.6) is 0 Å². The van der Waals surface area contributed by atoms with Gasteiger partial charge in [-0.15, -0.1) is 0 Å². The number of unbranched alkanes of at least 4 members (excludes halogenated alkanes) is 3. The number of aryl methyl sites for hydroxylation is 1. The van der Waals surface area contributed by atoms with E-state index in [-0.39, 0.29) is 11.7 Å². The number of hydrogen-bond donors (Lipinski definition) is 1. The van der Waals surface area contributed by atoms with Crippen molar-refractivity contribution in [2.75, 3.05) is 18.6 Å². The molecule has 0 aliphatic rings. The average molecular weight is 283 g/mol. The second kappa shape index (κ2) is 8.97. The zero-order valence-corrected chi connectivity index (χ0v) is 12.5. The fraction of sp³-hybridized carbons (Fsp3) is 0.533. The van der Waals surface area contributed by atoms with Crippen molar-refractivity contribution in [3.63, 3.8) is 0 Å². The van der Waals surface area contributed by atoms with Crippen molar-refractivity contribution >= 4 is 17.7 Å². The Morgan fingerprint density at radius 2 is 2.00 bits per heavy atom. The van der Waals surface area contributed by atoms with E-state index in [2.05, 4.69) is 11.6 Å². The summed E-state index contributed by atoms with van der Waals surface area (Å²) in [5.74, 6) is 0.818. The molecule has 0 aliphatic heterocycles. The van der Waals surface area contributed by atoms with E-state index in [4.69, 9.17) is 0 Å². The molecule has 0 aromatic heterocycles. The fourth-order valence-electron chi connectivity index (χ4n) is 1.81. The van der Waals surface area contributed by atoms with E-state index in [1.807, 2.05) is 11.8 Å². The van der Waals surface area contributed by atoms with E-state index in [1.165, 1.54) is 30.7 Å². The van der Waals surface area contributed by atoms with Crippen LogP contribution in [0.3, 0.4) is 0 Å². The minimum absolute atomic E-state index is 0.118. The molecule has 0 spiro atoms. The van der Waals surface area contributed by atoms with E-state index in [0.717, 1.165) is 12.8 Å². The first-order valence-corrected chi connectivity index (χ1v) is 8.08. The van der Waals surface area contributed by atoms with Crippen molar-refractivity contribution in [1.82, 2.24) is 5.32 Å². The SMILES string of the molecule is CSCCCCCCNC(=O)c1ccc(F)c(C)c1. The zero-order chi connectivity index (χ0) is 14.1. The number of carbonyl (C=O) groups is 1. The molecule has 0 radical (unpaired) electrons. The highest BCUT2D eigenvalue weighted by molar-refractivity contribution is 7.98. The van der Waals surface area contributed by atoms with Gasteiger partial charge in [-0.25, -0.2) is 4.39 Å². The number of amides is 1. The zero-order valence-electron chi connectivity index (χ0n) is 11.7. The molecule has 1 aromatic rings. The largest absolute Gasteiger partial charge is 0.352 e. The fourth-order valence-corrected chi connectivity index (χ4v) is 2.31. The molecular formula is C15H22FNOS. The van der Waals surface area contributed by atoms with Gasteiger partial charge >= 0.3 is 0 Å². The molecule has 0 atom stereocenters. The van der Waals surface area contributed by atoms with Crippen LogP contribution in [0.25, 0.3) is 0 Å². The monoisotopic (exact) mass is 283 g/mol. The van der Waals surface area contributed by atoms with Gasteiger partial charge < -0.3 is 5.32 Å². The van der Waals surface area contributed by atoms with Gasteiger partial charge in [0.15, 0.2) is 0 Å². The summed E-state index contributed by atoms with van der Waals surface area (Å²) in [6.07, 6.45) is 6.72. The van der Waals surface area contributed by atoms with Crippen molar-refractivity contribution < 1.29 is 9.18 Å². The highest BCUT2D eigenvalue weighted by Gasteiger charge is 2.06. The summed E-state index contributed by atoms with van der Waals surface area (Å²) in [6.45, 7) is 2.35. The van der Waals surface area contributed by atoms with Gasteiger partial charge in [0.05, 0.1) is 0 Å². The van der Waals surface area contributed by atoms with Crippen molar-refractivity contribution in [3.05, 3.63) is 35.1 Å². The van der Waals surface area contributed by atoms with Crippen LogP contribution in [0.4, 0.5) is 4.39 Å². The van der Waals surface area contributed by atoms with Crippen molar-refractivity contribution in [1.29, 1.82) is 0 Å². The number of thioether (sulfide) groups is 1. The molecule has 4 heteroatoms. The molecule has 0 heterocycles. The Kier molecular flexibility index (Phi) is 7.56. The number of hydrogen-bond acceptors (Lipinski definition) is 2. The predicted molar refractivity (Wildman–Crippen MR) is 80.3 cm³/mol. The maximum Gasteiger partial charge on any atom is 0.251 e. The third-order valence-corrected chi connectivity index (χ3v) is 3.68. The highest BCUT2D eigenvalue weighted by Crippen LogP contribution is 2.09. The van der Waals surface area contributed by atoms with Gasteiger partial charge in [-0.05, 0) is 55.5 Å². The number of carbonyl (C=O) groups excluding carboxylic acids is 1. The Hall–Kier alpha value is -1.03. The standard InChI is InChI=1S/C15H22FNOS/c1-12-11-13(7-8-14(12)16)15(18)17-9-5-3-4-6-10-19-2/h7-8,11H,3-6,9-10H2,1-2H3,(H,17,18). The van der Waals surface area contributed by atoms with Crippen LogP contribution in [0.2, 0.25) is 0 Å². The lowest BCUT2D eigenvalue weighted by Crippen LogP contribution is -2.24. The molecule has 0 bridgehead atoms. The van der Waals surface area contributed by atoms with Crippen molar-refractivity contribution in [2.24, 2.45) is 0 Å². The molecule has 0 saturated heterocycles. The van der Waals surface area contributed by atoms with E-state index < -0.39 is 0 Å². The lowest BCUT2D eigenvalue weighted by molar-refractivity contribution is 0.0953. The maximum absolute atomic E-state index is 13.1. The normalized spacial score (nSPS) is 10.5. The molecule has 0 saturated carbocycles. The Bertz CT molecular complexity index is 409. The van der Waals surface area contributed by atoms with E-state index in [1.54, 1.807) is 13.0 Å². The Balaban J connectivity index is 2.22. The highest BCUT2D eigenvalue weighted by atomic mass is 32.2. The summed E-state index contributed by atoms with van der Waals surface area (Å²) >= 11 is 1.87. The minimum Gasteiger partial charge on any atom is -0.352 e. The van der Waals surface area contributed by atoms with Crippen LogP contribution in [0.1, 0.15) is 41.6 Å². The van der Waals surface area contributed by atoms with Gasteiger partial charge in [-0.3, -0.25) is 4.79 Å². The Morgan fingerprint density at radius 1 is 1.26 bits per heavy atom. The van der Waals surface area contributed by atoms with E-state index >= 15 is 0 Å². The Morgan fingerprint density at radius 3 is 2.68 bits per heavy atom. The van der Waals surface area contributed by atoms with Crippen molar-refractivity contribution in [2.45, 2.75) is 32.6 Å². The molecule has 1 aromatic carbocycles. The Labute approximate surface area is 119 Å². The molecule has 1 amide bonds. The van der Waals surface area contributed by atoms with Gasteiger partial charge in [0.1, 0.15) is 5.82 Å². The van der Waals surface area contributed by atoms with Gasteiger partial charge in [0.2, 0.25) is 0 Å². The van der Waals surface area contributed by atoms with Crippen molar-refractivity contribution in [3.8, 4) is 0 Å². The molecule has 1 N–H and O–H groups in total. The van der Waals surface area contributed by atoms with Crippen LogP contribution in [-0.4, -0.2) is 24.5 Å². The summed E-state index contributed by atoms with van der Waals surface area (Å²) < 4.78 is 13.1. The van der Waals surface area contributed by atoms with Crippen LogP contribution >= 0.6 is 11.8 Å². The van der Waals surface area contributed by atoms with Crippen LogP contribution < -0.4 is 5.32 Å². The topological polar surface area (TPSA) is 29.1 Å². The summed E-state index contributed by atoms with van der Waals surface area (Å²) in [4.78, 5) is 11.8. The third-order valence-electron chi connectivity index (χ3n) is 2.98. The molecule has 2 nitrogen and oxygen atoms in total. The van der Waals surface area contributed by atoms with Gasteiger partial charge in [-0.1, -0.05) is 12.8 Å². The van der Waals surface area contributed by atoms with Gasteiger partial charge in [-0.2, -0.15) is 11.8 Å². The number of benzene rings is 1. The van der Waals surface area contributed by atoms with Crippen LogP contribution in [-0.2, 0) is 0 Å². The molecule has 0 aliphatic carbocycles. The maximum atomic E-state index is 13.1. The first kappa shape index (κ1) is 16.0. The first-order chi connectivity index (χ1) is 9.15. The predicted octanol–water partition coefficient (Wildman–Crippen LogP) is 3.79. The summed E-state index contributed by atoms with van der Waals surface area (Å²) in [5.41, 5.74) is 1.03. The summed E-state index contributed by atoms with van der Waals surface area (Å²) in [6, 6.07) is 4.45. The summed E-state index contributed by atoms with van der Waals surface area (Å²) in [7, 11) is 0. The van der Waals surface area contributed by atoms with E-state index in [0.29, 0.717) is 17.7 Å². The molecular weight excluding hydrogens is 261 g/mol. The van der Waals surface area contributed by atoms with Gasteiger partial charge in [0.25, 0.3) is 5.91 Å². The summed E-state index contributed by atoms with van der Waals surface area (Å²) in [5, 5.41) is 2.87. The quantitative estimate of drug-likeness (QED) is 0.735. The van der Waals surface area contributed by atoms with Gasteiger partial charge in [0, 0.05) is 12.1 Å². The lowest BCUT2D eigenvalue weighted by Gasteiger charge is -2.06. The van der Waals surface area contributed by atoms with E-state index in [9.17, 15) is 9.18 Å². The molecule has 0 fully saturated rings. The molecule has 106 valence electrons. The molecule has 19 heavy (non-hydrogen) atoms. The average Bonchev–Trinajstić information content (AvgIpc) is 2.40. The smallest absolute Gasteiger partial charge is 0.251 e. The van der Waals surface area contributed by atoms with Crippen LogP contribution in [0, 0.1) is 12.7 Å².